The first-order valence-corrected chi connectivity index (χ1v) is 6.77. The van der Waals surface area contributed by atoms with Gasteiger partial charge in [-0.15, -0.1) is 11.3 Å². The minimum Gasteiger partial charge on any atom is -0.409 e. The van der Waals surface area contributed by atoms with Gasteiger partial charge in [-0.3, -0.25) is 4.79 Å². The predicted molar refractivity (Wildman–Crippen MR) is 73.9 cm³/mol. The van der Waals surface area contributed by atoms with Gasteiger partial charge in [0.1, 0.15) is 10.2 Å². The van der Waals surface area contributed by atoms with Crippen LogP contribution >= 0.6 is 34.5 Å². The Morgan fingerprint density at radius 3 is 2.72 bits per heavy atom. The number of oxime groups is 1. The van der Waals surface area contributed by atoms with Crippen molar-refractivity contribution in [2.75, 3.05) is 13.1 Å². The molecular weight excluding hydrogens is 297 g/mol. The van der Waals surface area contributed by atoms with Crippen molar-refractivity contribution in [3.8, 4) is 0 Å². The standard InChI is InChI=1S/C10H13Cl2N3O2S/c1-2-15(4-3-8(13)14-17)10(16)6-5-7(11)18-9(6)12/h5,17H,2-4H2,1H3,(H2,13,14). The lowest BCUT2D eigenvalue weighted by molar-refractivity contribution is 0.0769. The maximum Gasteiger partial charge on any atom is 0.256 e. The van der Waals surface area contributed by atoms with Crippen molar-refractivity contribution in [1.82, 2.24) is 4.90 Å². The number of nitrogens with zero attached hydrogens (tertiary/aromatic N) is 2. The fraction of sp³-hybridized carbons (Fsp3) is 0.400. The summed E-state index contributed by atoms with van der Waals surface area (Å²) in [4.78, 5) is 13.7. The van der Waals surface area contributed by atoms with E-state index in [1.807, 2.05) is 6.92 Å². The van der Waals surface area contributed by atoms with E-state index < -0.39 is 0 Å². The normalized spacial score (nSPS) is 11.6. The molecule has 1 heterocycles. The molecule has 1 aromatic heterocycles. The van der Waals surface area contributed by atoms with Gasteiger partial charge in [0, 0.05) is 19.5 Å². The molecule has 0 atom stereocenters. The van der Waals surface area contributed by atoms with Crippen LogP contribution in [0.5, 0.6) is 0 Å². The molecule has 0 fully saturated rings. The second-order valence-electron chi connectivity index (χ2n) is 3.46. The van der Waals surface area contributed by atoms with Gasteiger partial charge in [0.05, 0.1) is 9.90 Å². The van der Waals surface area contributed by atoms with Gasteiger partial charge in [-0.1, -0.05) is 28.4 Å². The summed E-state index contributed by atoms with van der Waals surface area (Å²) in [5, 5.41) is 11.3. The van der Waals surface area contributed by atoms with E-state index in [1.165, 1.54) is 0 Å². The number of nitrogens with two attached hydrogens (primary N) is 1. The Labute approximate surface area is 119 Å². The van der Waals surface area contributed by atoms with E-state index in [-0.39, 0.29) is 11.7 Å². The summed E-state index contributed by atoms with van der Waals surface area (Å²) in [7, 11) is 0. The van der Waals surface area contributed by atoms with Crippen LogP contribution in [-0.2, 0) is 0 Å². The van der Waals surface area contributed by atoms with Gasteiger partial charge in [0.25, 0.3) is 5.91 Å². The lowest BCUT2D eigenvalue weighted by Crippen LogP contribution is -2.33. The molecule has 0 aliphatic rings. The molecule has 8 heteroatoms. The maximum atomic E-state index is 12.2. The zero-order valence-corrected chi connectivity index (χ0v) is 12.0. The van der Waals surface area contributed by atoms with E-state index in [1.54, 1.807) is 11.0 Å². The van der Waals surface area contributed by atoms with Gasteiger partial charge in [0.2, 0.25) is 0 Å². The summed E-state index contributed by atoms with van der Waals surface area (Å²) < 4.78 is 0.836. The highest BCUT2D eigenvalue weighted by Gasteiger charge is 2.19. The number of amidine groups is 1. The van der Waals surface area contributed by atoms with Crippen LogP contribution in [0.2, 0.25) is 8.67 Å². The number of halogens is 2. The van der Waals surface area contributed by atoms with Crippen molar-refractivity contribution in [2.45, 2.75) is 13.3 Å². The monoisotopic (exact) mass is 309 g/mol. The fourth-order valence-corrected chi connectivity index (χ4v) is 2.81. The lowest BCUT2D eigenvalue weighted by Gasteiger charge is -2.20. The first-order valence-electron chi connectivity index (χ1n) is 5.20. The summed E-state index contributed by atoms with van der Waals surface area (Å²) in [6, 6.07) is 1.54. The van der Waals surface area contributed by atoms with Gasteiger partial charge in [-0.25, -0.2) is 0 Å². The third kappa shape index (κ3) is 3.76. The van der Waals surface area contributed by atoms with E-state index in [0.29, 0.717) is 33.7 Å². The number of carbonyl (C=O) groups excluding carboxylic acids is 1. The lowest BCUT2D eigenvalue weighted by atomic mass is 10.2. The highest BCUT2D eigenvalue weighted by molar-refractivity contribution is 7.20. The molecule has 1 rings (SSSR count). The molecular formula is C10H13Cl2N3O2S. The Kier molecular flexibility index (Phi) is 5.71. The Bertz CT molecular complexity index is 462. The molecule has 3 N–H and O–H groups in total. The number of rotatable bonds is 5. The minimum atomic E-state index is -0.212. The van der Waals surface area contributed by atoms with E-state index >= 15 is 0 Å². The molecule has 5 nitrogen and oxygen atoms in total. The second-order valence-corrected chi connectivity index (χ2v) is 5.75. The summed E-state index contributed by atoms with van der Waals surface area (Å²) in [5.41, 5.74) is 5.75. The molecule has 0 unspecified atom stereocenters. The Morgan fingerprint density at radius 2 is 2.28 bits per heavy atom. The quantitative estimate of drug-likeness (QED) is 0.380. The summed E-state index contributed by atoms with van der Waals surface area (Å²) >= 11 is 12.9. The van der Waals surface area contributed by atoms with E-state index in [4.69, 9.17) is 34.1 Å². The molecule has 0 aliphatic heterocycles. The molecule has 0 aromatic carbocycles. The molecule has 0 aliphatic carbocycles. The van der Waals surface area contributed by atoms with Crippen molar-refractivity contribution in [3.05, 3.63) is 20.3 Å². The molecule has 1 aromatic rings. The number of amides is 1. The van der Waals surface area contributed by atoms with Crippen molar-refractivity contribution in [1.29, 1.82) is 0 Å². The Balaban J connectivity index is 2.76. The molecule has 0 saturated heterocycles. The molecule has 0 spiro atoms. The third-order valence-corrected chi connectivity index (χ3v) is 3.81. The second kappa shape index (κ2) is 6.82. The van der Waals surface area contributed by atoms with Crippen LogP contribution in [0.3, 0.4) is 0 Å². The molecule has 0 bridgehead atoms. The first-order chi connectivity index (χ1) is 8.49. The maximum absolute atomic E-state index is 12.2. The van der Waals surface area contributed by atoms with Gasteiger partial charge in [-0.2, -0.15) is 0 Å². The molecule has 18 heavy (non-hydrogen) atoms. The van der Waals surface area contributed by atoms with E-state index in [2.05, 4.69) is 5.16 Å². The topological polar surface area (TPSA) is 78.9 Å². The summed E-state index contributed by atoms with van der Waals surface area (Å²) in [6.07, 6.45) is 0.297. The SMILES string of the molecule is CCN(CC/C(N)=N/O)C(=O)c1cc(Cl)sc1Cl. The highest BCUT2D eigenvalue weighted by Crippen LogP contribution is 2.31. The van der Waals surface area contributed by atoms with Gasteiger partial charge < -0.3 is 15.8 Å². The van der Waals surface area contributed by atoms with Gasteiger partial charge in [-0.05, 0) is 13.0 Å². The van der Waals surface area contributed by atoms with Crippen molar-refractivity contribution in [3.63, 3.8) is 0 Å². The van der Waals surface area contributed by atoms with E-state index in [9.17, 15) is 4.79 Å². The van der Waals surface area contributed by atoms with Crippen LogP contribution in [0.25, 0.3) is 0 Å². The van der Waals surface area contributed by atoms with Gasteiger partial charge >= 0.3 is 0 Å². The summed E-state index contributed by atoms with van der Waals surface area (Å²) in [5.74, 6) is -0.132. The molecule has 0 saturated carbocycles. The summed E-state index contributed by atoms with van der Waals surface area (Å²) in [6.45, 7) is 2.70. The molecule has 100 valence electrons. The first kappa shape index (κ1) is 15.1. The van der Waals surface area contributed by atoms with Crippen molar-refractivity contribution < 1.29 is 10.0 Å². The largest absolute Gasteiger partial charge is 0.409 e. The van der Waals surface area contributed by atoms with Crippen LogP contribution in [-0.4, -0.2) is 34.9 Å². The van der Waals surface area contributed by atoms with E-state index in [0.717, 1.165) is 11.3 Å². The number of hydrogen-bond acceptors (Lipinski definition) is 4. The zero-order chi connectivity index (χ0) is 13.7. The number of hydrogen-bond donors (Lipinski definition) is 2. The number of thiophene rings is 1. The fourth-order valence-electron chi connectivity index (χ4n) is 1.36. The van der Waals surface area contributed by atoms with Crippen LogP contribution in [0, 0.1) is 0 Å². The average molecular weight is 310 g/mol. The minimum absolute atomic E-state index is 0.0793. The van der Waals surface area contributed by atoms with Crippen LogP contribution in [0.1, 0.15) is 23.7 Å². The van der Waals surface area contributed by atoms with Crippen molar-refractivity contribution >= 4 is 46.3 Å². The van der Waals surface area contributed by atoms with Gasteiger partial charge in [0.15, 0.2) is 0 Å². The Morgan fingerprint density at radius 1 is 1.61 bits per heavy atom. The highest BCUT2D eigenvalue weighted by atomic mass is 35.5. The number of carbonyl (C=O) groups is 1. The Hall–Kier alpha value is -0.980. The van der Waals surface area contributed by atoms with Crippen LogP contribution in [0.4, 0.5) is 0 Å². The molecule has 0 radical (unpaired) electrons. The van der Waals surface area contributed by atoms with Crippen molar-refractivity contribution in [2.24, 2.45) is 10.9 Å². The molecule has 1 amide bonds. The third-order valence-electron chi connectivity index (χ3n) is 2.32. The smallest absolute Gasteiger partial charge is 0.256 e. The predicted octanol–water partition coefficient (Wildman–Crippen LogP) is 2.65. The average Bonchev–Trinajstić information content (AvgIpc) is 2.68. The van der Waals surface area contributed by atoms with Crippen LogP contribution in [0.15, 0.2) is 11.2 Å². The zero-order valence-electron chi connectivity index (χ0n) is 9.69. The van der Waals surface area contributed by atoms with Crippen LogP contribution < -0.4 is 5.73 Å².